The summed E-state index contributed by atoms with van der Waals surface area (Å²) in [5.41, 5.74) is 6.51. The smallest absolute Gasteiger partial charge is 0.399 e. The summed E-state index contributed by atoms with van der Waals surface area (Å²) in [6.45, 7) is 8.96. The molecule has 43 heavy (non-hydrogen) atoms. The van der Waals surface area contributed by atoms with Crippen LogP contribution in [-0.4, -0.2) is 83.3 Å². The molecule has 3 N–H and O–H groups in total. The van der Waals surface area contributed by atoms with Crippen molar-refractivity contribution < 1.29 is 27.4 Å². The average molecular weight is 602 g/mol. The fourth-order valence-electron chi connectivity index (χ4n) is 6.59. The van der Waals surface area contributed by atoms with Gasteiger partial charge in [0.15, 0.2) is 0 Å². The Labute approximate surface area is 248 Å². The summed E-state index contributed by atoms with van der Waals surface area (Å²) in [6.07, 6.45) is -2.82. The van der Waals surface area contributed by atoms with E-state index in [1.807, 2.05) is 11.0 Å². The molecule has 1 amide bonds. The van der Waals surface area contributed by atoms with Gasteiger partial charge in [-0.2, -0.15) is 13.2 Å². The van der Waals surface area contributed by atoms with Crippen molar-refractivity contribution in [3.63, 3.8) is 0 Å². The number of halogens is 3. The number of nitrogens with zero attached hydrogens (tertiary/aromatic N) is 5. The van der Waals surface area contributed by atoms with E-state index in [0.29, 0.717) is 50.1 Å². The van der Waals surface area contributed by atoms with Crippen LogP contribution in [0.1, 0.15) is 48.5 Å². The van der Waals surface area contributed by atoms with E-state index >= 15 is 0 Å². The molecule has 10 nitrogen and oxygen atoms in total. The molecule has 0 saturated carbocycles. The summed E-state index contributed by atoms with van der Waals surface area (Å²) >= 11 is 0. The number of nitrogen functional groups attached to an aromatic ring is 1. The second-order valence-corrected chi connectivity index (χ2v) is 11.9. The minimum absolute atomic E-state index is 0.0151. The predicted molar refractivity (Wildman–Crippen MR) is 155 cm³/mol. The van der Waals surface area contributed by atoms with E-state index in [9.17, 15) is 18.0 Å². The third kappa shape index (κ3) is 5.65. The molecular formula is C30H38F3N7O3. The second kappa shape index (κ2) is 11.3. The first-order valence-electron chi connectivity index (χ1n) is 14.7. The molecule has 0 bridgehead atoms. The number of rotatable bonds is 7. The van der Waals surface area contributed by atoms with Crippen LogP contribution in [0, 0.1) is 12.8 Å². The van der Waals surface area contributed by atoms with E-state index in [-0.39, 0.29) is 17.5 Å². The molecule has 2 saturated heterocycles. The van der Waals surface area contributed by atoms with Crippen LogP contribution in [0.25, 0.3) is 11.0 Å². The van der Waals surface area contributed by atoms with E-state index in [4.69, 9.17) is 20.2 Å². The quantitative estimate of drug-likeness (QED) is 0.392. The van der Waals surface area contributed by atoms with Crippen LogP contribution in [0.4, 0.5) is 24.7 Å². The second-order valence-electron chi connectivity index (χ2n) is 11.9. The molecule has 0 unspecified atom stereocenters. The normalized spacial score (nSPS) is 19.8. The van der Waals surface area contributed by atoms with Crippen LogP contribution in [0.15, 0.2) is 24.3 Å². The van der Waals surface area contributed by atoms with Gasteiger partial charge in [0, 0.05) is 31.8 Å². The van der Waals surface area contributed by atoms with Gasteiger partial charge in [-0.25, -0.2) is 9.97 Å². The van der Waals surface area contributed by atoms with Crippen molar-refractivity contribution in [1.82, 2.24) is 24.3 Å². The summed E-state index contributed by atoms with van der Waals surface area (Å²) in [7, 11) is 1.70. The molecule has 0 aliphatic carbocycles. The lowest BCUT2D eigenvalue weighted by Crippen LogP contribution is -2.65. The Morgan fingerprint density at radius 3 is 2.63 bits per heavy atom. The van der Waals surface area contributed by atoms with Gasteiger partial charge in [-0.3, -0.25) is 4.79 Å². The number of methoxy groups -OCH3 is 1. The predicted octanol–water partition coefficient (Wildman–Crippen LogP) is 3.94. The fourth-order valence-corrected chi connectivity index (χ4v) is 6.59. The number of alkyl halides is 3. The molecule has 5 heterocycles. The standard InChI is InChI=1S/C30H38F3N7O3/c1-18(21-12-22(30(31,32)33)14-23(34)13-21)35-26-24-15-25-29(43-11-9-40(25)27(24)37-19(2)36-26)16-39(17-29)28(41)20-4-6-38(7-5-20)8-10-42-3/h12-15,18,20H,4-11,16-17,34H2,1-3H3,(H,35,36,37)/t18-/m1/s1. The van der Waals surface area contributed by atoms with Gasteiger partial charge < -0.3 is 34.9 Å². The zero-order valence-electron chi connectivity index (χ0n) is 24.7. The Kier molecular flexibility index (Phi) is 7.76. The van der Waals surface area contributed by atoms with Gasteiger partial charge in [0.05, 0.1) is 49.0 Å². The van der Waals surface area contributed by atoms with Crippen molar-refractivity contribution >= 4 is 28.4 Å². The van der Waals surface area contributed by atoms with Crippen molar-refractivity contribution in [2.24, 2.45) is 5.92 Å². The Hall–Kier alpha value is -3.42. The maximum Gasteiger partial charge on any atom is 0.416 e. The first-order chi connectivity index (χ1) is 20.5. The summed E-state index contributed by atoms with van der Waals surface area (Å²) in [4.78, 5) is 27.0. The largest absolute Gasteiger partial charge is 0.416 e. The molecule has 3 aliphatic heterocycles. The highest BCUT2D eigenvalue weighted by Gasteiger charge is 2.52. The first-order valence-corrected chi connectivity index (χ1v) is 14.7. The number of nitrogens with two attached hydrogens (primary N) is 1. The number of likely N-dealkylation sites (tertiary alicyclic amines) is 2. The van der Waals surface area contributed by atoms with Crippen molar-refractivity contribution in [1.29, 1.82) is 0 Å². The number of anilines is 2. The number of piperidine rings is 1. The number of nitrogens with one attached hydrogen (secondary N) is 1. The highest BCUT2D eigenvalue weighted by molar-refractivity contribution is 5.89. The molecule has 6 rings (SSSR count). The van der Waals surface area contributed by atoms with Crippen molar-refractivity contribution in [2.75, 3.05) is 64.1 Å². The first kappa shape index (κ1) is 29.6. The van der Waals surface area contributed by atoms with E-state index in [0.717, 1.165) is 61.3 Å². The Morgan fingerprint density at radius 1 is 1.19 bits per heavy atom. The molecule has 1 spiro atoms. The van der Waals surface area contributed by atoms with Crippen LogP contribution >= 0.6 is 0 Å². The van der Waals surface area contributed by atoms with Crippen LogP contribution < -0.4 is 11.1 Å². The fraction of sp³-hybridized carbons (Fsp3) is 0.567. The van der Waals surface area contributed by atoms with Gasteiger partial charge in [-0.15, -0.1) is 0 Å². The zero-order chi connectivity index (χ0) is 30.5. The molecular weight excluding hydrogens is 563 g/mol. The van der Waals surface area contributed by atoms with Crippen LogP contribution in [0.5, 0.6) is 0 Å². The summed E-state index contributed by atoms with van der Waals surface area (Å²) in [5.74, 6) is 1.26. The van der Waals surface area contributed by atoms with Crippen LogP contribution in [0.3, 0.4) is 0 Å². The number of carbonyl (C=O) groups is 1. The zero-order valence-corrected chi connectivity index (χ0v) is 24.7. The van der Waals surface area contributed by atoms with E-state index in [1.165, 1.54) is 6.07 Å². The number of amides is 1. The number of hydrogen-bond donors (Lipinski definition) is 2. The lowest BCUT2D eigenvalue weighted by atomic mass is 9.86. The van der Waals surface area contributed by atoms with Gasteiger partial charge >= 0.3 is 6.18 Å². The van der Waals surface area contributed by atoms with Crippen LogP contribution in [0.2, 0.25) is 0 Å². The average Bonchev–Trinajstić information content (AvgIpc) is 3.33. The minimum Gasteiger partial charge on any atom is -0.399 e. The van der Waals surface area contributed by atoms with Crippen LogP contribution in [-0.2, 0) is 32.6 Å². The lowest BCUT2D eigenvalue weighted by Gasteiger charge is -2.52. The molecule has 1 atom stereocenters. The lowest BCUT2D eigenvalue weighted by molar-refractivity contribution is -0.186. The SMILES string of the molecule is COCCN1CCC(C(=O)N2CC3(C2)OCCn2c3cc3c(N[C@H](C)c4cc(N)cc(C(F)(F)F)c4)nc(C)nc32)CC1. The number of aromatic nitrogens is 3. The highest BCUT2D eigenvalue weighted by Crippen LogP contribution is 2.43. The molecule has 3 aliphatic rings. The Balaban J connectivity index is 1.21. The number of fused-ring (bicyclic) bond motifs is 4. The molecule has 13 heteroatoms. The van der Waals surface area contributed by atoms with E-state index in [2.05, 4.69) is 19.8 Å². The molecule has 2 aromatic heterocycles. The molecule has 2 fully saturated rings. The number of benzene rings is 1. The van der Waals surface area contributed by atoms with Gasteiger partial charge in [-0.05, 0) is 69.6 Å². The topological polar surface area (TPSA) is 111 Å². The van der Waals surface area contributed by atoms with Gasteiger partial charge in [0.1, 0.15) is 22.9 Å². The highest BCUT2D eigenvalue weighted by atomic mass is 19.4. The van der Waals surface area contributed by atoms with Gasteiger partial charge in [-0.1, -0.05) is 0 Å². The Morgan fingerprint density at radius 2 is 1.93 bits per heavy atom. The van der Waals surface area contributed by atoms with Crippen molar-refractivity contribution in [3.8, 4) is 0 Å². The monoisotopic (exact) mass is 601 g/mol. The van der Waals surface area contributed by atoms with E-state index < -0.39 is 23.4 Å². The Bertz CT molecular complexity index is 1510. The maximum atomic E-state index is 13.4. The van der Waals surface area contributed by atoms with E-state index in [1.54, 1.807) is 21.0 Å². The third-order valence-corrected chi connectivity index (χ3v) is 8.94. The summed E-state index contributed by atoms with van der Waals surface area (Å²) < 4.78 is 54.0. The molecule has 232 valence electrons. The molecule has 0 radical (unpaired) electrons. The minimum atomic E-state index is -4.50. The van der Waals surface area contributed by atoms with Gasteiger partial charge in [0.2, 0.25) is 5.91 Å². The number of carbonyl (C=O) groups excluding carboxylic acids is 1. The van der Waals surface area contributed by atoms with Gasteiger partial charge in [0.25, 0.3) is 0 Å². The maximum absolute atomic E-state index is 13.4. The third-order valence-electron chi connectivity index (χ3n) is 8.94. The number of hydrogen-bond acceptors (Lipinski definition) is 8. The molecule has 1 aromatic carbocycles. The number of aryl methyl sites for hydroxylation is 1. The molecule has 3 aromatic rings. The van der Waals surface area contributed by atoms with Crippen molar-refractivity contribution in [2.45, 2.75) is 51.1 Å². The number of ether oxygens (including phenoxy) is 2. The van der Waals surface area contributed by atoms with Crippen molar-refractivity contribution in [3.05, 3.63) is 46.9 Å². The summed E-state index contributed by atoms with van der Waals surface area (Å²) in [5, 5.41) is 4.06. The summed E-state index contributed by atoms with van der Waals surface area (Å²) in [6, 6.07) is 5.07.